The third-order valence-corrected chi connectivity index (χ3v) is 3.01. The van der Waals surface area contributed by atoms with Gasteiger partial charge < -0.3 is 5.32 Å². The predicted octanol–water partition coefficient (Wildman–Crippen LogP) is 3.57. The highest BCUT2D eigenvalue weighted by Crippen LogP contribution is 2.09. The Bertz CT molecular complexity index is 263. The smallest absolute Gasteiger partial charge is 0.00114 e. The Morgan fingerprint density at radius 2 is 1.50 bits per heavy atom. The molecule has 90 valence electrons. The summed E-state index contributed by atoms with van der Waals surface area (Å²) in [5.41, 5.74) is 2.93. The molecule has 0 radical (unpaired) electrons. The molecule has 0 unspecified atom stereocenters. The Labute approximate surface area is 100 Å². The van der Waals surface area contributed by atoms with Crippen LogP contribution in [-0.2, 0) is 12.8 Å². The van der Waals surface area contributed by atoms with Gasteiger partial charge in [0.15, 0.2) is 0 Å². The van der Waals surface area contributed by atoms with Crippen LogP contribution in [0.3, 0.4) is 0 Å². The van der Waals surface area contributed by atoms with Crippen LogP contribution in [0.25, 0.3) is 0 Å². The van der Waals surface area contributed by atoms with Gasteiger partial charge in [-0.15, -0.1) is 0 Å². The maximum atomic E-state index is 3.18. The maximum Gasteiger partial charge on any atom is -0.00114 e. The van der Waals surface area contributed by atoms with Crippen LogP contribution in [0.4, 0.5) is 0 Å². The van der Waals surface area contributed by atoms with E-state index in [2.05, 4.69) is 36.5 Å². The topological polar surface area (TPSA) is 12.0 Å². The van der Waals surface area contributed by atoms with Crippen LogP contribution in [0.2, 0.25) is 0 Å². The lowest BCUT2D eigenvalue weighted by molar-refractivity contribution is 0.666. The molecule has 0 saturated carbocycles. The van der Waals surface area contributed by atoms with Gasteiger partial charge >= 0.3 is 0 Å². The second-order valence-corrected chi connectivity index (χ2v) is 4.48. The average Bonchev–Trinajstić information content (AvgIpc) is 2.33. The van der Waals surface area contributed by atoms with E-state index in [1.165, 1.54) is 43.2 Å². The van der Waals surface area contributed by atoms with Gasteiger partial charge in [-0.1, -0.05) is 50.5 Å². The van der Waals surface area contributed by atoms with Crippen LogP contribution in [0.15, 0.2) is 24.3 Å². The third-order valence-electron chi connectivity index (χ3n) is 3.01. The molecule has 0 heterocycles. The number of likely N-dealkylation sites (N-methyl/N-ethyl adjacent to an activating group) is 1. The van der Waals surface area contributed by atoms with E-state index in [0.717, 1.165) is 13.0 Å². The summed E-state index contributed by atoms with van der Waals surface area (Å²) in [7, 11) is 2.00. The molecular formula is C15H25N. The van der Waals surface area contributed by atoms with Crippen LogP contribution >= 0.6 is 0 Å². The highest BCUT2D eigenvalue weighted by Gasteiger charge is 1.95. The first-order valence-electron chi connectivity index (χ1n) is 6.59. The molecule has 0 aliphatic rings. The summed E-state index contributed by atoms with van der Waals surface area (Å²) in [6, 6.07) is 9.12. The summed E-state index contributed by atoms with van der Waals surface area (Å²) in [5, 5.41) is 3.18. The van der Waals surface area contributed by atoms with Crippen LogP contribution in [-0.4, -0.2) is 13.6 Å². The normalized spacial score (nSPS) is 10.6. The third kappa shape index (κ3) is 5.32. The molecule has 0 aliphatic heterocycles. The van der Waals surface area contributed by atoms with Crippen molar-refractivity contribution in [2.75, 3.05) is 13.6 Å². The minimum Gasteiger partial charge on any atom is -0.319 e. The Morgan fingerprint density at radius 1 is 0.875 bits per heavy atom. The van der Waals surface area contributed by atoms with Gasteiger partial charge in [0.25, 0.3) is 0 Å². The fourth-order valence-electron chi connectivity index (χ4n) is 1.90. The van der Waals surface area contributed by atoms with Crippen molar-refractivity contribution >= 4 is 0 Å². The zero-order valence-corrected chi connectivity index (χ0v) is 10.8. The molecule has 0 fully saturated rings. The summed E-state index contributed by atoms with van der Waals surface area (Å²) in [4.78, 5) is 0. The Morgan fingerprint density at radius 3 is 2.06 bits per heavy atom. The van der Waals surface area contributed by atoms with Crippen LogP contribution in [0.1, 0.15) is 43.7 Å². The van der Waals surface area contributed by atoms with Crippen molar-refractivity contribution in [3.05, 3.63) is 35.4 Å². The Hall–Kier alpha value is -0.820. The van der Waals surface area contributed by atoms with E-state index in [1.54, 1.807) is 0 Å². The number of rotatable bonds is 8. The molecule has 0 aliphatic carbocycles. The van der Waals surface area contributed by atoms with Gasteiger partial charge in [0, 0.05) is 0 Å². The van der Waals surface area contributed by atoms with Crippen molar-refractivity contribution in [3.8, 4) is 0 Å². The lowest BCUT2D eigenvalue weighted by atomic mass is 10.0. The van der Waals surface area contributed by atoms with Gasteiger partial charge in [0.1, 0.15) is 0 Å². The molecule has 0 spiro atoms. The summed E-state index contributed by atoms with van der Waals surface area (Å²) in [6.07, 6.45) is 7.78. The van der Waals surface area contributed by atoms with E-state index in [-0.39, 0.29) is 0 Å². The number of benzene rings is 1. The van der Waals surface area contributed by atoms with Gasteiger partial charge in [-0.3, -0.25) is 0 Å². The first kappa shape index (κ1) is 13.2. The minimum atomic E-state index is 1.07. The van der Waals surface area contributed by atoms with E-state index < -0.39 is 0 Å². The van der Waals surface area contributed by atoms with Crippen molar-refractivity contribution in [2.24, 2.45) is 0 Å². The van der Waals surface area contributed by atoms with Crippen molar-refractivity contribution in [2.45, 2.75) is 45.4 Å². The van der Waals surface area contributed by atoms with E-state index >= 15 is 0 Å². The summed E-state index contributed by atoms with van der Waals surface area (Å²) >= 11 is 0. The number of hydrogen-bond donors (Lipinski definition) is 1. The fraction of sp³-hybridized carbons (Fsp3) is 0.600. The molecule has 0 amide bonds. The lowest BCUT2D eigenvalue weighted by Crippen LogP contribution is -2.10. The molecule has 0 aromatic heterocycles. The molecule has 1 heteroatoms. The molecule has 0 saturated heterocycles. The molecule has 1 aromatic rings. The number of unbranched alkanes of at least 4 members (excludes halogenated alkanes) is 3. The fourth-order valence-corrected chi connectivity index (χ4v) is 1.90. The van der Waals surface area contributed by atoms with Gasteiger partial charge in [0.2, 0.25) is 0 Å². The number of hydrogen-bond acceptors (Lipinski definition) is 1. The lowest BCUT2D eigenvalue weighted by Gasteiger charge is -2.04. The summed E-state index contributed by atoms with van der Waals surface area (Å²) in [6.45, 7) is 3.33. The zero-order chi connectivity index (χ0) is 11.6. The van der Waals surface area contributed by atoms with Crippen LogP contribution < -0.4 is 5.32 Å². The molecule has 1 nitrogen and oxygen atoms in total. The van der Waals surface area contributed by atoms with Crippen molar-refractivity contribution in [1.29, 1.82) is 0 Å². The first-order valence-corrected chi connectivity index (χ1v) is 6.59. The zero-order valence-electron chi connectivity index (χ0n) is 10.8. The average molecular weight is 219 g/mol. The highest BCUT2D eigenvalue weighted by atomic mass is 14.8. The summed E-state index contributed by atoms with van der Waals surface area (Å²) < 4.78 is 0. The molecule has 1 rings (SSSR count). The quantitative estimate of drug-likeness (QED) is 0.659. The maximum absolute atomic E-state index is 3.18. The van der Waals surface area contributed by atoms with E-state index in [1.807, 2.05) is 7.05 Å². The summed E-state index contributed by atoms with van der Waals surface area (Å²) in [5.74, 6) is 0. The molecule has 0 bridgehead atoms. The van der Waals surface area contributed by atoms with E-state index in [0.29, 0.717) is 0 Å². The van der Waals surface area contributed by atoms with Crippen molar-refractivity contribution < 1.29 is 0 Å². The molecule has 1 N–H and O–H groups in total. The van der Waals surface area contributed by atoms with Gasteiger partial charge in [-0.2, -0.15) is 0 Å². The predicted molar refractivity (Wildman–Crippen MR) is 71.9 cm³/mol. The molecule has 0 atom stereocenters. The Balaban J connectivity index is 2.27. The van der Waals surface area contributed by atoms with Crippen molar-refractivity contribution in [1.82, 2.24) is 5.32 Å². The largest absolute Gasteiger partial charge is 0.319 e. The van der Waals surface area contributed by atoms with Crippen molar-refractivity contribution in [3.63, 3.8) is 0 Å². The van der Waals surface area contributed by atoms with Crippen LogP contribution in [0, 0.1) is 0 Å². The molecular weight excluding hydrogens is 194 g/mol. The second-order valence-electron chi connectivity index (χ2n) is 4.48. The molecule has 1 aromatic carbocycles. The van der Waals surface area contributed by atoms with Gasteiger partial charge in [0.05, 0.1) is 0 Å². The number of nitrogens with one attached hydrogen (secondary N) is 1. The number of aryl methyl sites for hydroxylation is 1. The molecule has 16 heavy (non-hydrogen) atoms. The van der Waals surface area contributed by atoms with E-state index in [4.69, 9.17) is 0 Å². The van der Waals surface area contributed by atoms with Gasteiger partial charge in [-0.05, 0) is 44.0 Å². The van der Waals surface area contributed by atoms with Gasteiger partial charge in [-0.25, -0.2) is 0 Å². The first-order chi connectivity index (χ1) is 7.86. The standard InChI is InChI=1S/C15H25N/c1-3-4-5-6-7-14-8-10-15(11-9-14)12-13-16-2/h8-11,16H,3-7,12-13H2,1-2H3. The van der Waals surface area contributed by atoms with E-state index in [9.17, 15) is 0 Å². The minimum absolute atomic E-state index is 1.07. The SMILES string of the molecule is CCCCCCc1ccc(CCNC)cc1. The second kappa shape index (κ2) is 8.35. The van der Waals surface area contributed by atoms with Crippen LogP contribution in [0.5, 0.6) is 0 Å². The monoisotopic (exact) mass is 219 g/mol. The Kier molecular flexibility index (Phi) is 6.91. The highest BCUT2D eigenvalue weighted by molar-refractivity contribution is 5.22.